The molecule has 0 spiro atoms. The van der Waals surface area contributed by atoms with Crippen molar-refractivity contribution in [2.45, 2.75) is 4.90 Å². The zero-order valence-electron chi connectivity index (χ0n) is 15.8. The molecule has 0 aliphatic rings. The molecule has 0 unspecified atom stereocenters. The van der Waals surface area contributed by atoms with E-state index in [1.807, 2.05) is 36.4 Å². The van der Waals surface area contributed by atoms with Gasteiger partial charge in [0.05, 0.1) is 4.90 Å². The summed E-state index contributed by atoms with van der Waals surface area (Å²) in [6.45, 7) is 0. The average Bonchev–Trinajstić information content (AvgIpc) is 2.75. The molecule has 30 heavy (non-hydrogen) atoms. The number of nitrogens with zero attached hydrogens (tertiary/aromatic N) is 1. The Bertz CT molecular complexity index is 1160. The van der Waals surface area contributed by atoms with Gasteiger partial charge < -0.3 is 9.47 Å². The lowest BCUT2D eigenvalue weighted by Crippen LogP contribution is -2.14. The largest absolute Gasteiger partial charge is 0.457 e. The Morgan fingerprint density at radius 2 is 1.17 bits per heavy atom. The number of ether oxygens (including phenoxy) is 2. The first kappa shape index (κ1) is 19.5. The van der Waals surface area contributed by atoms with E-state index in [1.54, 1.807) is 48.5 Å². The molecule has 150 valence electrons. The quantitative estimate of drug-likeness (QED) is 0.431. The predicted octanol–water partition coefficient (Wildman–Crippen LogP) is 5.47. The van der Waals surface area contributed by atoms with E-state index in [2.05, 4.69) is 9.71 Å². The first-order valence-electron chi connectivity index (χ1n) is 9.14. The number of rotatable bonds is 7. The average molecular weight is 418 g/mol. The van der Waals surface area contributed by atoms with Gasteiger partial charge in [0, 0.05) is 12.1 Å². The predicted molar refractivity (Wildman–Crippen MR) is 115 cm³/mol. The molecule has 0 saturated heterocycles. The Labute approximate surface area is 174 Å². The standard InChI is InChI=1S/C23H18N2O4S/c26-30(27,21-14-8-3-9-15-21)25-22-16-20(28-18-10-4-1-5-11-18)17-23(24-22)29-19-12-6-2-7-13-19/h1-17H,(H,24,25). The van der Waals surface area contributed by atoms with Crippen LogP contribution in [0.4, 0.5) is 5.82 Å². The lowest BCUT2D eigenvalue weighted by molar-refractivity contribution is 0.447. The number of aromatic nitrogens is 1. The number of pyridine rings is 1. The van der Waals surface area contributed by atoms with Crippen LogP contribution in [-0.4, -0.2) is 13.4 Å². The third-order valence-corrected chi connectivity index (χ3v) is 5.38. The van der Waals surface area contributed by atoms with E-state index in [0.29, 0.717) is 17.2 Å². The van der Waals surface area contributed by atoms with E-state index in [9.17, 15) is 8.42 Å². The van der Waals surface area contributed by atoms with Gasteiger partial charge >= 0.3 is 0 Å². The number of benzene rings is 3. The highest BCUT2D eigenvalue weighted by Crippen LogP contribution is 2.30. The van der Waals surface area contributed by atoms with Crippen LogP contribution in [0, 0.1) is 0 Å². The van der Waals surface area contributed by atoms with Gasteiger partial charge in [0.1, 0.15) is 23.1 Å². The third kappa shape index (κ3) is 4.95. The van der Waals surface area contributed by atoms with Crippen molar-refractivity contribution >= 4 is 15.8 Å². The maximum atomic E-state index is 12.7. The Morgan fingerprint density at radius 1 is 0.633 bits per heavy atom. The third-order valence-electron chi connectivity index (χ3n) is 4.01. The fraction of sp³-hybridized carbons (Fsp3) is 0. The molecule has 0 aliphatic carbocycles. The molecular formula is C23H18N2O4S. The number of hydrogen-bond donors (Lipinski definition) is 1. The number of nitrogens with one attached hydrogen (secondary N) is 1. The van der Waals surface area contributed by atoms with Gasteiger partial charge in [0.15, 0.2) is 0 Å². The summed E-state index contributed by atoms with van der Waals surface area (Å²) in [7, 11) is -3.82. The Hall–Kier alpha value is -3.84. The van der Waals surface area contributed by atoms with Crippen LogP contribution in [-0.2, 0) is 10.0 Å². The Kier molecular flexibility index (Phi) is 5.63. The second-order valence-corrected chi connectivity index (χ2v) is 7.96. The number of sulfonamides is 1. The molecule has 1 aromatic heterocycles. The van der Waals surface area contributed by atoms with E-state index in [0.717, 1.165) is 0 Å². The minimum absolute atomic E-state index is 0.0817. The molecule has 1 heterocycles. The van der Waals surface area contributed by atoms with Crippen molar-refractivity contribution in [1.29, 1.82) is 0 Å². The molecule has 0 amide bonds. The highest BCUT2D eigenvalue weighted by atomic mass is 32.2. The normalized spacial score (nSPS) is 10.9. The summed E-state index contributed by atoms with van der Waals surface area (Å²) in [4.78, 5) is 4.42. The zero-order valence-corrected chi connectivity index (χ0v) is 16.6. The van der Waals surface area contributed by atoms with Crippen LogP contribution in [0.3, 0.4) is 0 Å². The van der Waals surface area contributed by atoms with Crippen LogP contribution in [0.15, 0.2) is 108 Å². The van der Waals surface area contributed by atoms with E-state index >= 15 is 0 Å². The molecule has 0 saturated carbocycles. The first-order valence-corrected chi connectivity index (χ1v) is 10.6. The maximum absolute atomic E-state index is 12.7. The Morgan fingerprint density at radius 3 is 1.77 bits per heavy atom. The maximum Gasteiger partial charge on any atom is 0.263 e. The van der Waals surface area contributed by atoms with Gasteiger partial charge in [0.2, 0.25) is 5.88 Å². The summed E-state index contributed by atoms with van der Waals surface area (Å²) >= 11 is 0. The molecule has 6 nitrogen and oxygen atoms in total. The Balaban J connectivity index is 1.67. The van der Waals surface area contributed by atoms with Crippen LogP contribution < -0.4 is 14.2 Å². The van der Waals surface area contributed by atoms with Gasteiger partial charge in [-0.3, -0.25) is 4.72 Å². The van der Waals surface area contributed by atoms with E-state index in [1.165, 1.54) is 18.2 Å². The monoisotopic (exact) mass is 418 g/mol. The van der Waals surface area contributed by atoms with Crippen molar-refractivity contribution in [3.63, 3.8) is 0 Å². The highest BCUT2D eigenvalue weighted by Gasteiger charge is 2.16. The fourth-order valence-electron chi connectivity index (χ4n) is 2.68. The molecular weight excluding hydrogens is 400 g/mol. The van der Waals surface area contributed by atoms with Gasteiger partial charge in [-0.2, -0.15) is 4.98 Å². The molecule has 0 aliphatic heterocycles. The molecule has 0 atom stereocenters. The summed E-state index contributed by atoms with van der Waals surface area (Å²) in [6.07, 6.45) is 0. The summed E-state index contributed by atoms with van der Waals surface area (Å²) in [5, 5.41) is 0. The van der Waals surface area contributed by atoms with Crippen LogP contribution >= 0.6 is 0 Å². The topological polar surface area (TPSA) is 77.5 Å². The molecule has 7 heteroatoms. The summed E-state index contributed by atoms with van der Waals surface area (Å²) in [6, 6.07) is 29.4. The molecule has 4 aromatic rings. The van der Waals surface area contributed by atoms with Crippen LogP contribution in [0.2, 0.25) is 0 Å². The van der Waals surface area contributed by atoms with Crippen molar-refractivity contribution in [3.05, 3.63) is 103 Å². The van der Waals surface area contributed by atoms with Crippen LogP contribution in [0.25, 0.3) is 0 Å². The van der Waals surface area contributed by atoms with Crippen molar-refractivity contribution in [2.75, 3.05) is 4.72 Å². The van der Waals surface area contributed by atoms with Gasteiger partial charge in [-0.25, -0.2) is 8.42 Å². The summed E-state index contributed by atoms with van der Waals surface area (Å²) in [5.74, 6) is 1.83. The lowest BCUT2D eigenvalue weighted by Gasteiger charge is -2.13. The van der Waals surface area contributed by atoms with Crippen molar-refractivity contribution in [2.24, 2.45) is 0 Å². The minimum atomic E-state index is -3.82. The molecule has 0 fully saturated rings. The van der Waals surface area contributed by atoms with E-state index in [4.69, 9.17) is 9.47 Å². The second-order valence-electron chi connectivity index (χ2n) is 6.28. The highest BCUT2D eigenvalue weighted by molar-refractivity contribution is 7.92. The summed E-state index contributed by atoms with van der Waals surface area (Å²) < 4.78 is 39.6. The number of para-hydroxylation sites is 2. The number of anilines is 1. The molecule has 3 aromatic carbocycles. The van der Waals surface area contributed by atoms with Crippen molar-refractivity contribution in [1.82, 2.24) is 4.98 Å². The first-order chi connectivity index (χ1) is 14.6. The van der Waals surface area contributed by atoms with Crippen molar-refractivity contribution in [3.8, 4) is 23.1 Å². The smallest absolute Gasteiger partial charge is 0.263 e. The van der Waals surface area contributed by atoms with Crippen molar-refractivity contribution < 1.29 is 17.9 Å². The lowest BCUT2D eigenvalue weighted by atomic mass is 10.3. The zero-order chi connectivity index (χ0) is 20.8. The van der Waals surface area contributed by atoms with Gasteiger partial charge in [-0.05, 0) is 36.4 Å². The SMILES string of the molecule is O=S(=O)(Nc1cc(Oc2ccccc2)cc(Oc2ccccc2)n1)c1ccccc1. The molecule has 1 N–H and O–H groups in total. The number of hydrogen-bond acceptors (Lipinski definition) is 5. The van der Waals surface area contributed by atoms with E-state index < -0.39 is 10.0 Å². The summed E-state index contributed by atoms with van der Waals surface area (Å²) in [5.41, 5.74) is 0. The molecule has 0 bridgehead atoms. The fourth-order valence-corrected chi connectivity index (χ4v) is 3.69. The van der Waals surface area contributed by atoms with Gasteiger partial charge in [-0.1, -0.05) is 54.6 Å². The molecule has 4 rings (SSSR count). The van der Waals surface area contributed by atoms with E-state index in [-0.39, 0.29) is 16.6 Å². The van der Waals surface area contributed by atoms with Gasteiger partial charge in [-0.15, -0.1) is 0 Å². The second kappa shape index (κ2) is 8.67. The van der Waals surface area contributed by atoms with Crippen LogP contribution in [0.5, 0.6) is 23.1 Å². The van der Waals surface area contributed by atoms with Gasteiger partial charge in [0.25, 0.3) is 10.0 Å². The molecule has 0 radical (unpaired) electrons. The van der Waals surface area contributed by atoms with Crippen LogP contribution in [0.1, 0.15) is 0 Å². The minimum Gasteiger partial charge on any atom is -0.457 e.